The van der Waals surface area contributed by atoms with Gasteiger partial charge in [0.15, 0.2) is 12.5 Å². The maximum atomic E-state index is 11.3. The molecule has 0 saturated carbocycles. The Bertz CT molecular complexity index is 475. The van der Waals surface area contributed by atoms with Crippen LogP contribution in [0.3, 0.4) is 0 Å². The van der Waals surface area contributed by atoms with Gasteiger partial charge < -0.3 is 15.0 Å². The van der Waals surface area contributed by atoms with Crippen LogP contribution in [0.2, 0.25) is 5.02 Å². The van der Waals surface area contributed by atoms with Gasteiger partial charge in [-0.05, 0) is 38.1 Å². The standard InChI is InChI=1S/C14H17ClN2O2/c15-12-2-1-3-13-11(12)9-19-14(8-18)17(13)10-4-6-16-7-5-10/h1-3,8,10,14,16H,4-7,9H2. The number of rotatable bonds is 2. The van der Waals surface area contributed by atoms with Gasteiger partial charge in [0.2, 0.25) is 0 Å². The van der Waals surface area contributed by atoms with Gasteiger partial charge >= 0.3 is 0 Å². The largest absolute Gasteiger partial charge is 0.346 e. The van der Waals surface area contributed by atoms with Gasteiger partial charge in [0.25, 0.3) is 0 Å². The Morgan fingerprint density at radius 2 is 2.16 bits per heavy atom. The summed E-state index contributed by atoms with van der Waals surface area (Å²) in [5.74, 6) is 0. The highest BCUT2D eigenvalue weighted by Crippen LogP contribution is 2.36. The van der Waals surface area contributed by atoms with Crippen molar-refractivity contribution in [1.82, 2.24) is 5.32 Å². The van der Waals surface area contributed by atoms with Gasteiger partial charge in [0.1, 0.15) is 0 Å². The van der Waals surface area contributed by atoms with Crippen molar-refractivity contribution in [3.63, 3.8) is 0 Å². The number of carbonyl (C=O) groups excluding carboxylic acids is 1. The monoisotopic (exact) mass is 280 g/mol. The molecule has 0 aromatic heterocycles. The maximum absolute atomic E-state index is 11.3. The Kier molecular flexibility index (Phi) is 3.73. The molecular formula is C14H17ClN2O2. The number of ether oxygens (including phenoxy) is 1. The third-order valence-corrected chi connectivity index (χ3v) is 4.22. The van der Waals surface area contributed by atoms with Crippen molar-refractivity contribution in [3.8, 4) is 0 Å². The first kappa shape index (κ1) is 12.9. The summed E-state index contributed by atoms with van der Waals surface area (Å²) in [5.41, 5.74) is 2.03. The molecule has 0 bridgehead atoms. The first-order valence-electron chi connectivity index (χ1n) is 6.64. The van der Waals surface area contributed by atoms with Crippen LogP contribution in [0.4, 0.5) is 5.69 Å². The fourth-order valence-corrected chi connectivity index (χ4v) is 3.14. The van der Waals surface area contributed by atoms with Crippen LogP contribution in [0.25, 0.3) is 0 Å². The molecule has 2 aliphatic heterocycles. The lowest BCUT2D eigenvalue weighted by atomic mass is 10.0. The lowest BCUT2D eigenvalue weighted by Gasteiger charge is -2.43. The van der Waals surface area contributed by atoms with E-state index in [-0.39, 0.29) is 0 Å². The van der Waals surface area contributed by atoms with Crippen LogP contribution in [-0.2, 0) is 16.1 Å². The fraction of sp³-hybridized carbons (Fsp3) is 0.500. The number of carbonyl (C=O) groups is 1. The number of anilines is 1. The number of piperidine rings is 1. The van der Waals surface area contributed by atoms with Crippen molar-refractivity contribution in [2.45, 2.75) is 31.7 Å². The molecule has 1 aromatic carbocycles. The van der Waals surface area contributed by atoms with E-state index in [1.165, 1.54) is 0 Å². The minimum Gasteiger partial charge on any atom is -0.346 e. The molecule has 19 heavy (non-hydrogen) atoms. The highest BCUT2D eigenvalue weighted by atomic mass is 35.5. The predicted molar refractivity (Wildman–Crippen MR) is 74.5 cm³/mol. The summed E-state index contributed by atoms with van der Waals surface area (Å²) in [4.78, 5) is 13.4. The van der Waals surface area contributed by atoms with Gasteiger partial charge in [-0.3, -0.25) is 4.79 Å². The summed E-state index contributed by atoms with van der Waals surface area (Å²) in [6.07, 6.45) is 2.42. The normalized spacial score (nSPS) is 24.1. The Hall–Kier alpha value is -1.10. The van der Waals surface area contributed by atoms with Gasteiger partial charge in [-0.1, -0.05) is 17.7 Å². The zero-order chi connectivity index (χ0) is 13.2. The molecule has 1 unspecified atom stereocenters. The van der Waals surface area contributed by atoms with Crippen molar-refractivity contribution in [3.05, 3.63) is 28.8 Å². The molecule has 1 atom stereocenters. The van der Waals surface area contributed by atoms with E-state index in [0.717, 1.165) is 43.5 Å². The molecule has 1 saturated heterocycles. The van der Waals surface area contributed by atoms with Crippen LogP contribution >= 0.6 is 11.6 Å². The average molecular weight is 281 g/mol. The molecule has 0 aliphatic carbocycles. The third-order valence-electron chi connectivity index (χ3n) is 3.86. The molecule has 2 heterocycles. The highest BCUT2D eigenvalue weighted by Gasteiger charge is 2.33. The summed E-state index contributed by atoms with van der Waals surface area (Å²) in [6, 6.07) is 6.16. The van der Waals surface area contributed by atoms with Gasteiger partial charge in [0.05, 0.1) is 6.61 Å². The lowest BCUT2D eigenvalue weighted by molar-refractivity contribution is -0.120. The van der Waals surface area contributed by atoms with Crippen molar-refractivity contribution < 1.29 is 9.53 Å². The Balaban J connectivity index is 1.99. The summed E-state index contributed by atoms with van der Waals surface area (Å²) in [7, 11) is 0. The fourth-order valence-electron chi connectivity index (χ4n) is 2.91. The average Bonchev–Trinajstić information content (AvgIpc) is 2.47. The number of hydrogen-bond donors (Lipinski definition) is 1. The minimum absolute atomic E-state index is 0.328. The number of hydrogen-bond acceptors (Lipinski definition) is 4. The lowest BCUT2D eigenvalue weighted by Crippen LogP contribution is -2.52. The second kappa shape index (κ2) is 5.49. The van der Waals surface area contributed by atoms with Crippen LogP contribution in [-0.4, -0.2) is 31.6 Å². The van der Waals surface area contributed by atoms with Crippen LogP contribution in [0, 0.1) is 0 Å². The van der Waals surface area contributed by atoms with Gasteiger partial charge in [-0.2, -0.15) is 0 Å². The molecule has 0 radical (unpaired) electrons. The van der Waals surface area contributed by atoms with E-state index in [0.29, 0.717) is 17.7 Å². The van der Waals surface area contributed by atoms with Crippen molar-refractivity contribution in [2.75, 3.05) is 18.0 Å². The molecule has 1 N–H and O–H groups in total. The van der Waals surface area contributed by atoms with Crippen LogP contribution in [0.5, 0.6) is 0 Å². The van der Waals surface area contributed by atoms with E-state index in [1.807, 2.05) is 18.2 Å². The molecule has 0 amide bonds. The smallest absolute Gasteiger partial charge is 0.187 e. The number of benzene rings is 1. The van der Waals surface area contributed by atoms with Crippen molar-refractivity contribution >= 4 is 23.6 Å². The summed E-state index contributed by atoms with van der Waals surface area (Å²) in [5, 5.41) is 4.05. The molecular weight excluding hydrogens is 264 g/mol. The Labute approximate surface area is 117 Å². The van der Waals surface area contributed by atoms with E-state index in [1.54, 1.807) is 0 Å². The number of nitrogens with zero attached hydrogens (tertiary/aromatic N) is 1. The minimum atomic E-state index is -0.492. The Morgan fingerprint density at radius 3 is 2.89 bits per heavy atom. The zero-order valence-electron chi connectivity index (χ0n) is 10.6. The first-order valence-corrected chi connectivity index (χ1v) is 7.02. The van der Waals surface area contributed by atoms with Gasteiger partial charge in [0, 0.05) is 22.3 Å². The summed E-state index contributed by atoms with van der Waals surface area (Å²) in [6.45, 7) is 2.35. The van der Waals surface area contributed by atoms with Crippen molar-refractivity contribution in [1.29, 1.82) is 0 Å². The maximum Gasteiger partial charge on any atom is 0.187 e. The van der Waals surface area contributed by atoms with Crippen LogP contribution in [0.1, 0.15) is 18.4 Å². The second-order valence-corrected chi connectivity index (χ2v) is 5.37. The quantitative estimate of drug-likeness (QED) is 0.841. The van der Waals surface area contributed by atoms with Crippen molar-refractivity contribution in [2.24, 2.45) is 0 Å². The highest BCUT2D eigenvalue weighted by molar-refractivity contribution is 6.31. The molecule has 5 heteroatoms. The predicted octanol–water partition coefficient (Wildman–Crippen LogP) is 1.95. The molecule has 4 nitrogen and oxygen atoms in total. The number of aldehydes is 1. The first-order chi connectivity index (χ1) is 9.31. The van der Waals surface area contributed by atoms with E-state index in [9.17, 15) is 4.79 Å². The molecule has 2 aliphatic rings. The summed E-state index contributed by atoms with van der Waals surface area (Å²) < 4.78 is 5.65. The number of nitrogens with one attached hydrogen (secondary N) is 1. The Morgan fingerprint density at radius 1 is 1.37 bits per heavy atom. The zero-order valence-corrected chi connectivity index (χ0v) is 11.4. The van der Waals surface area contributed by atoms with E-state index in [4.69, 9.17) is 16.3 Å². The molecule has 102 valence electrons. The second-order valence-electron chi connectivity index (χ2n) is 4.96. The molecule has 0 spiro atoms. The molecule has 1 fully saturated rings. The summed E-state index contributed by atoms with van der Waals surface area (Å²) >= 11 is 6.23. The van der Waals surface area contributed by atoms with Crippen LogP contribution in [0.15, 0.2) is 18.2 Å². The molecule has 3 rings (SSSR count). The topological polar surface area (TPSA) is 41.6 Å². The van der Waals surface area contributed by atoms with Crippen LogP contribution < -0.4 is 10.2 Å². The van der Waals surface area contributed by atoms with Gasteiger partial charge in [-0.15, -0.1) is 0 Å². The number of fused-ring (bicyclic) bond motifs is 1. The van der Waals surface area contributed by atoms with E-state index < -0.39 is 6.23 Å². The molecule has 1 aromatic rings. The van der Waals surface area contributed by atoms with E-state index in [2.05, 4.69) is 10.2 Å². The number of halogens is 1. The van der Waals surface area contributed by atoms with E-state index >= 15 is 0 Å². The SMILES string of the molecule is O=CC1OCc2c(Cl)cccc2N1C1CCNCC1. The van der Waals surface area contributed by atoms with Gasteiger partial charge in [-0.25, -0.2) is 0 Å². The third kappa shape index (κ3) is 2.36.